The molecule has 1 N–H and O–H groups in total. The van der Waals surface area contributed by atoms with Crippen LogP contribution in [0.25, 0.3) is 0 Å². The molecule has 1 aliphatic rings. The number of non-ortho nitro benzene ring substituents is 1. The predicted octanol–water partition coefficient (Wildman–Crippen LogP) is 1.10. The fourth-order valence-corrected chi connectivity index (χ4v) is 1.65. The van der Waals surface area contributed by atoms with Gasteiger partial charge in [0.15, 0.2) is 0 Å². The number of morpholine rings is 1. The summed E-state index contributed by atoms with van der Waals surface area (Å²) < 4.78 is 23.8. The molecular formula is C11H13FN2O4. The van der Waals surface area contributed by atoms with Gasteiger partial charge in [-0.2, -0.15) is 0 Å². The zero-order valence-electron chi connectivity index (χ0n) is 9.60. The Labute approximate surface area is 103 Å². The molecule has 1 aromatic rings. The molecule has 6 nitrogen and oxygen atoms in total. The molecule has 1 unspecified atom stereocenters. The number of benzene rings is 1. The number of nitrogens with zero attached hydrogens (tertiary/aromatic N) is 1. The quantitative estimate of drug-likeness (QED) is 0.645. The van der Waals surface area contributed by atoms with Crippen molar-refractivity contribution in [2.75, 3.05) is 26.3 Å². The van der Waals surface area contributed by atoms with Crippen molar-refractivity contribution in [3.63, 3.8) is 0 Å². The molecule has 18 heavy (non-hydrogen) atoms. The first-order valence-corrected chi connectivity index (χ1v) is 5.55. The van der Waals surface area contributed by atoms with Crippen molar-refractivity contribution in [2.45, 2.75) is 6.10 Å². The van der Waals surface area contributed by atoms with E-state index in [4.69, 9.17) is 9.47 Å². The monoisotopic (exact) mass is 256 g/mol. The standard InChI is InChI=1S/C11H13FN2O4/c12-8-3-9(14(15)16)5-10(4-8)18-7-11-6-13-1-2-17-11/h3-5,11,13H,1-2,6-7H2. The lowest BCUT2D eigenvalue weighted by Crippen LogP contribution is -2.41. The highest BCUT2D eigenvalue weighted by molar-refractivity contribution is 5.38. The highest BCUT2D eigenvalue weighted by atomic mass is 19.1. The summed E-state index contributed by atoms with van der Waals surface area (Å²) in [5.41, 5.74) is -0.326. The molecule has 7 heteroatoms. The Balaban J connectivity index is 1.97. The second-order valence-electron chi connectivity index (χ2n) is 3.91. The summed E-state index contributed by atoms with van der Waals surface area (Å²) in [6.45, 7) is 2.27. The minimum atomic E-state index is -0.693. The second-order valence-corrected chi connectivity index (χ2v) is 3.91. The van der Waals surface area contributed by atoms with Crippen molar-refractivity contribution in [3.05, 3.63) is 34.1 Å². The highest BCUT2D eigenvalue weighted by Crippen LogP contribution is 2.22. The Bertz CT molecular complexity index is 435. The molecule has 1 heterocycles. The van der Waals surface area contributed by atoms with Gasteiger partial charge in [0, 0.05) is 19.2 Å². The van der Waals surface area contributed by atoms with Gasteiger partial charge < -0.3 is 14.8 Å². The number of rotatable bonds is 4. The molecule has 1 atom stereocenters. The van der Waals surface area contributed by atoms with E-state index in [1.165, 1.54) is 6.07 Å². The Kier molecular flexibility index (Phi) is 4.06. The van der Waals surface area contributed by atoms with Gasteiger partial charge in [0.25, 0.3) is 5.69 Å². The number of nitrogens with one attached hydrogen (secondary N) is 1. The molecule has 0 spiro atoms. The number of nitro groups is 1. The van der Waals surface area contributed by atoms with E-state index in [0.717, 1.165) is 18.7 Å². The molecule has 2 rings (SSSR count). The van der Waals surface area contributed by atoms with Gasteiger partial charge in [-0.15, -0.1) is 0 Å². The van der Waals surface area contributed by atoms with E-state index in [1.807, 2.05) is 0 Å². The van der Waals surface area contributed by atoms with E-state index >= 15 is 0 Å². The number of ether oxygens (including phenoxy) is 2. The fraction of sp³-hybridized carbons (Fsp3) is 0.455. The van der Waals surface area contributed by atoms with Crippen LogP contribution >= 0.6 is 0 Å². The van der Waals surface area contributed by atoms with Gasteiger partial charge in [-0.3, -0.25) is 10.1 Å². The second kappa shape index (κ2) is 5.74. The van der Waals surface area contributed by atoms with Crippen molar-refractivity contribution < 1.29 is 18.8 Å². The number of hydrogen-bond donors (Lipinski definition) is 1. The lowest BCUT2D eigenvalue weighted by molar-refractivity contribution is -0.385. The van der Waals surface area contributed by atoms with Crippen molar-refractivity contribution in [3.8, 4) is 5.75 Å². The summed E-state index contributed by atoms with van der Waals surface area (Å²) in [7, 11) is 0. The maximum atomic E-state index is 13.1. The van der Waals surface area contributed by atoms with Gasteiger partial charge in [0.05, 0.1) is 23.7 Å². The summed E-state index contributed by atoms with van der Waals surface area (Å²) in [4.78, 5) is 9.90. The van der Waals surface area contributed by atoms with Crippen LogP contribution in [0.15, 0.2) is 18.2 Å². The first kappa shape index (κ1) is 12.7. The molecule has 98 valence electrons. The molecule has 1 fully saturated rings. The normalized spacial score (nSPS) is 19.5. The summed E-state index contributed by atoms with van der Waals surface area (Å²) in [6.07, 6.45) is -0.124. The topological polar surface area (TPSA) is 73.6 Å². The van der Waals surface area contributed by atoms with Gasteiger partial charge in [-0.25, -0.2) is 4.39 Å². The SMILES string of the molecule is O=[N+]([O-])c1cc(F)cc(OCC2CNCCO2)c1. The number of halogens is 1. The lowest BCUT2D eigenvalue weighted by atomic mass is 10.3. The van der Waals surface area contributed by atoms with E-state index in [2.05, 4.69) is 5.32 Å². The van der Waals surface area contributed by atoms with Crippen molar-refractivity contribution in [1.29, 1.82) is 0 Å². The van der Waals surface area contributed by atoms with Crippen LogP contribution in [0, 0.1) is 15.9 Å². The van der Waals surface area contributed by atoms with E-state index in [1.54, 1.807) is 0 Å². The molecule has 0 radical (unpaired) electrons. The van der Waals surface area contributed by atoms with Gasteiger partial charge in [0.2, 0.25) is 0 Å². The van der Waals surface area contributed by atoms with E-state index < -0.39 is 10.7 Å². The van der Waals surface area contributed by atoms with Gasteiger partial charge >= 0.3 is 0 Å². The van der Waals surface area contributed by atoms with E-state index in [9.17, 15) is 14.5 Å². The van der Waals surface area contributed by atoms with Crippen LogP contribution < -0.4 is 10.1 Å². The molecule has 0 bridgehead atoms. The Morgan fingerprint density at radius 2 is 2.39 bits per heavy atom. The van der Waals surface area contributed by atoms with Crippen LogP contribution in [0.5, 0.6) is 5.75 Å². The molecular weight excluding hydrogens is 243 g/mol. The highest BCUT2D eigenvalue weighted by Gasteiger charge is 2.15. The van der Waals surface area contributed by atoms with Crippen LogP contribution in [0.1, 0.15) is 0 Å². The fourth-order valence-electron chi connectivity index (χ4n) is 1.65. The van der Waals surface area contributed by atoms with E-state index in [0.29, 0.717) is 13.2 Å². The number of nitro benzene ring substituents is 1. The smallest absolute Gasteiger partial charge is 0.276 e. The number of hydrogen-bond acceptors (Lipinski definition) is 5. The van der Waals surface area contributed by atoms with Crippen LogP contribution in [0.2, 0.25) is 0 Å². The first-order valence-electron chi connectivity index (χ1n) is 5.55. The predicted molar refractivity (Wildman–Crippen MR) is 61.2 cm³/mol. The van der Waals surface area contributed by atoms with Crippen LogP contribution in [0.3, 0.4) is 0 Å². The van der Waals surface area contributed by atoms with Gasteiger partial charge in [-0.05, 0) is 0 Å². The third kappa shape index (κ3) is 3.38. The Hall–Kier alpha value is -1.73. The summed E-state index contributed by atoms with van der Waals surface area (Å²) >= 11 is 0. The van der Waals surface area contributed by atoms with Crippen LogP contribution in [-0.4, -0.2) is 37.3 Å². The van der Waals surface area contributed by atoms with Crippen LogP contribution in [-0.2, 0) is 4.74 Å². The Morgan fingerprint density at radius 3 is 3.06 bits per heavy atom. The molecule has 0 aliphatic carbocycles. The molecule has 1 saturated heterocycles. The van der Waals surface area contributed by atoms with E-state index in [-0.39, 0.29) is 24.1 Å². The minimum absolute atomic E-state index is 0.124. The maximum Gasteiger partial charge on any atom is 0.276 e. The molecule has 0 saturated carbocycles. The summed E-state index contributed by atoms with van der Waals surface area (Å²) in [5.74, 6) is -0.558. The average Bonchev–Trinajstić information content (AvgIpc) is 2.37. The maximum absolute atomic E-state index is 13.1. The summed E-state index contributed by atoms with van der Waals surface area (Å²) in [5, 5.41) is 13.7. The van der Waals surface area contributed by atoms with Crippen LogP contribution in [0.4, 0.5) is 10.1 Å². The minimum Gasteiger partial charge on any atom is -0.490 e. The Morgan fingerprint density at radius 1 is 1.56 bits per heavy atom. The molecule has 1 aliphatic heterocycles. The molecule has 0 amide bonds. The van der Waals surface area contributed by atoms with Gasteiger partial charge in [-0.1, -0.05) is 0 Å². The third-order valence-corrected chi connectivity index (χ3v) is 2.51. The summed E-state index contributed by atoms with van der Waals surface area (Å²) in [6, 6.07) is 3.16. The lowest BCUT2D eigenvalue weighted by Gasteiger charge is -2.23. The average molecular weight is 256 g/mol. The zero-order valence-corrected chi connectivity index (χ0v) is 9.60. The van der Waals surface area contributed by atoms with Crippen molar-refractivity contribution in [1.82, 2.24) is 5.32 Å². The largest absolute Gasteiger partial charge is 0.490 e. The van der Waals surface area contributed by atoms with Gasteiger partial charge in [0.1, 0.15) is 24.3 Å². The van der Waals surface area contributed by atoms with Crippen molar-refractivity contribution in [2.24, 2.45) is 0 Å². The third-order valence-electron chi connectivity index (χ3n) is 2.51. The molecule has 0 aromatic heterocycles. The first-order chi connectivity index (χ1) is 8.65. The van der Waals surface area contributed by atoms with Crippen molar-refractivity contribution >= 4 is 5.69 Å². The zero-order chi connectivity index (χ0) is 13.0. The molecule has 1 aromatic carbocycles.